The van der Waals surface area contributed by atoms with E-state index in [2.05, 4.69) is 22.3 Å². The van der Waals surface area contributed by atoms with Crippen molar-refractivity contribution in [1.29, 1.82) is 0 Å². The summed E-state index contributed by atoms with van der Waals surface area (Å²) in [5.74, 6) is 0.0288. The first-order valence-electron chi connectivity index (χ1n) is 10.9. The number of ether oxygens (including phenoxy) is 1. The Hall–Kier alpha value is -3.16. The van der Waals surface area contributed by atoms with Crippen molar-refractivity contribution in [2.45, 2.75) is 12.8 Å². The van der Waals surface area contributed by atoms with Crippen LogP contribution in [0.2, 0.25) is 0 Å². The quantitative estimate of drug-likeness (QED) is 0.619. The fourth-order valence-corrected chi connectivity index (χ4v) is 5.28. The Morgan fingerprint density at radius 1 is 0.969 bits per heavy atom. The molecule has 0 saturated carbocycles. The van der Waals surface area contributed by atoms with E-state index in [0.29, 0.717) is 30.2 Å². The number of nitrogens with zero attached hydrogens (tertiary/aromatic N) is 2. The number of hydrogen-bond donors (Lipinski definition) is 1. The predicted octanol–water partition coefficient (Wildman–Crippen LogP) is 4.63. The highest BCUT2D eigenvalue weighted by atomic mass is 32.1. The molecule has 6 nitrogen and oxygen atoms in total. The summed E-state index contributed by atoms with van der Waals surface area (Å²) in [6, 6.07) is 19.7. The summed E-state index contributed by atoms with van der Waals surface area (Å²) in [5, 5.41) is 4.11. The van der Waals surface area contributed by atoms with Crippen LogP contribution in [0.4, 0.5) is 16.4 Å². The average Bonchev–Trinajstić information content (AvgIpc) is 3.48. The van der Waals surface area contributed by atoms with Gasteiger partial charge in [-0.05, 0) is 42.3 Å². The fraction of sp³-hybridized carbons (Fsp3) is 0.280. The molecule has 3 aromatic rings. The third kappa shape index (κ3) is 4.26. The fourth-order valence-electron chi connectivity index (χ4n) is 4.16. The van der Waals surface area contributed by atoms with Crippen LogP contribution >= 0.6 is 11.3 Å². The van der Waals surface area contributed by atoms with E-state index in [9.17, 15) is 9.59 Å². The lowest BCUT2D eigenvalue weighted by molar-refractivity contribution is -0.117. The summed E-state index contributed by atoms with van der Waals surface area (Å²) in [5.41, 5.74) is 3.77. The third-order valence-electron chi connectivity index (χ3n) is 5.83. The second kappa shape index (κ2) is 9.14. The molecule has 2 fully saturated rings. The predicted molar refractivity (Wildman–Crippen MR) is 129 cm³/mol. The molecule has 0 radical (unpaired) electrons. The number of morpholine rings is 1. The summed E-state index contributed by atoms with van der Waals surface area (Å²) < 4.78 is 5.51. The van der Waals surface area contributed by atoms with Gasteiger partial charge in [0.1, 0.15) is 0 Å². The molecule has 2 aromatic carbocycles. The Bertz CT molecular complexity index is 1110. The van der Waals surface area contributed by atoms with Crippen molar-refractivity contribution in [3.8, 4) is 11.1 Å². The zero-order chi connectivity index (χ0) is 21.9. The normalized spacial score (nSPS) is 16.4. The maximum absolute atomic E-state index is 13.1. The highest BCUT2D eigenvalue weighted by Crippen LogP contribution is 2.39. The molecule has 5 rings (SSSR count). The minimum atomic E-state index is -0.128. The van der Waals surface area contributed by atoms with E-state index in [1.54, 1.807) is 4.90 Å². The molecule has 0 aliphatic carbocycles. The van der Waals surface area contributed by atoms with Crippen LogP contribution in [0.25, 0.3) is 11.1 Å². The highest BCUT2D eigenvalue weighted by molar-refractivity contribution is 7.18. The first-order chi connectivity index (χ1) is 15.7. The molecule has 0 unspecified atom stereocenters. The van der Waals surface area contributed by atoms with Crippen molar-refractivity contribution in [3.05, 3.63) is 65.5 Å². The second-order valence-corrected chi connectivity index (χ2v) is 8.98. The van der Waals surface area contributed by atoms with Gasteiger partial charge in [0.05, 0.1) is 23.1 Å². The second-order valence-electron chi connectivity index (χ2n) is 7.94. The van der Waals surface area contributed by atoms with Gasteiger partial charge in [-0.1, -0.05) is 30.3 Å². The van der Waals surface area contributed by atoms with Crippen molar-refractivity contribution >= 4 is 39.5 Å². The average molecular weight is 448 g/mol. The van der Waals surface area contributed by atoms with E-state index in [0.717, 1.165) is 47.9 Å². The highest BCUT2D eigenvalue weighted by Gasteiger charge is 2.23. The van der Waals surface area contributed by atoms with Gasteiger partial charge in [0.2, 0.25) is 5.91 Å². The van der Waals surface area contributed by atoms with Gasteiger partial charge in [-0.15, -0.1) is 11.3 Å². The Kier molecular flexibility index (Phi) is 5.92. The number of carbonyl (C=O) groups excluding carboxylic acids is 2. The Labute approximate surface area is 191 Å². The van der Waals surface area contributed by atoms with E-state index in [1.807, 2.05) is 48.5 Å². The number of hydrogen-bond acceptors (Lipinski definition) is 5. The molecule has 2 aliphatic heterocycles. The topological polar surface area (TPSA) is 61.9 Å². The van der Waals surface area contributed by atoms with Crippen LogP contribution in [0.3, 0.4) is 0 Å². The first kappa shape index (κ1) is 20.7. The molecule has 0 bridgehead atoms. The van der Waals surface area contributed by atoms with Crippen LogP contribution < -0.4 is 15.1 Å². The monoisotopic (exact) mass is 447 g/mol. The van der Waals surface area contributed by atoms with Crippen LogP contribution in [0.15, 0.2) is 60.7 Å². The summed E-state index contributed by atoms with van der Waals surface area (Å²) in [7, 11) is 0. The van der Waals surface area contributed by atoms with Gasteiger partial charge in [0.25, 0.3) is 5.91 Å². The molecular weight excluding hydrogens is 422 g/mol. The van der Waals surface area contributed by atoms with Crippen LogP contribution in [-0.2, 0) is 9.53 Å². The Balaban J connectivity index is 1.37. The van der Waals surface area contributed by atoms with E-state index < -0.39 is 0 Å². The summed E-state index contributed by atoms with van der Waals surface area (Å²) in [6.45, 7) is 3.78. The molecule has 0 atom stereocenters. The van der Waals surface area contributed by atoms with Crippen LogP contribution in [0.5, 0.6) is 0 Å². The third-order valence-corrected chi connectivity index (χ3v) is 7.02. The lowest BCUT2D eigenvalue weighted by Gasteiger charge is -2.28. The van der Waals surface area contributed by atoms with Crippen molar-refractivity contribution < 1.29 is 14.3 Å². The molecule has 3 heterocycles. The van der Waals surface area contributed by atoms with Gasteiger partial charge in [0.15, 0.2) is 0 Å². The molecule has 1 N–H and O–H groups in total. The minimum absolute atomic E-state index is 0.128. The minimum Gasteiger partial charge on any atom is -0.378 e. The molecule has 164 valence electrons. The van der Waals surface area contributed by atoms with Gasteiger partial charge in [-0.2, -0.15) is 0 Å². The first-order valence-corrected chi connectivity index (χ1v) is 11.7. The number of carbonyl (C=O) groups is 2. The van der Waals surface area contributed by atoms with Gasteiger partial charge < -0.3 is 19.9 Å². The maximum Gasteiger partial charge on any atom is 0.265 e. The Morgan fingerprint density at radius 2 is 1.72 bits per heavy atom. The molecule has 32 heavy (non-hydrogen) atoms. The molecule has 2 amide bonds. The molecule has 7 heteroatoms. The number of anilines is 3. The largest absolute Gasteiger partial charge is 0.378 e. The zero-order valence-electron chi connectivity index (χ0n) is 17.8. The van der Waals surface area contributed by atoms with Gasteiger partial charge in [-0.25, -0.2) is 0 Å². The number of rotatable bonds is 5. The standard InChI is InChI=1S/C25H25N3O3S/c29-23-7-4-12-28(23)20-10-8-19(9-11-20)26-24(30)22-17-21(18-5-2-1-3-6-18)25(32-22)27-13-15-31-16-14-27/h1-3,5-6,8-11,17H,4,7,12-16H2,(H,26,30). The number of thiophene rings is 1. The van der Waals surface area contributed by atoms with Crippen molar-refractivity contribution in [1.82, 2.24) is 0 Å². The van der Waals surface area contributed by atoms with Crippen LogP contribution in [0, 0.1) is 0 Å². The van der Waals surface area contributed by atoms with Gasteiger partial charge in [0, 0.05) is 43.0 Å². The maximum atomic E-state index is 13.1. The van der Waals surface area contributed by atoms with Crippen molar-refractivity contribution in [2.24, 2.45) is 0 Å². The van der Waals surface area contributed by atoms with E-state index in [-0.39, 0.29) is 11.8 Å². The molecular formula is C25H25N3O3S. The summed E-state index contributed by atoms with van der Waals surface area (Å²) >= 11 is 1.52. The molecule has 2 saturated heterocycles. The van der Waals surface area contributed by atoms with Crippen LogP contribution in [-0.4, -0.2) is 44.7 Å². The number of amides is 2. The smallest absolute Gasteiger partial charge is 0.265 e. The summed E-state index contributed by atoms with van der Waals surface area (Å²) in [6.07, 6.45) is 1.50. The van der Waals surface area contributed by atoms with Crippen molar-refractivity contribution in [3.63, 3.8) is 0 Å². The Morgan fingerprint density at radius 3 is 2.41 bits per heavy atom. The zero-order valence-corrected chi connectivity index (χ0v) is 18.6. The molecule has 1 aromatic heterocycles. The molecule has 0 spiro atoms. The van der Waals surface area contributed by atoms with Crippen molar-refractivity contribution in [2.75, 3.05) is 48.0 Å². The summed E-state index contributed by atoms with van der Waals surface area (Å²) in [4.78, 5) is 29.8. The van der Waals surface area contributed by atoms with E-state index in [4.69, 9.17) is 4.74 Å². The lowest BCUT2D eigenvalue weighted by Crippen LogP contribution is -2.35. The molecule has 2 aliphatic rings. The SMILES string of the molecule is O=C(Nc1ccc(N2CCCC2=O)cc1)c1cc(-c2ccccc2)c(N2CCOCC2)s1. The van der Waals surface area contributed by atoms with E-state index >= 15 is 0 Å². The van der Waals surface area contributed by atoms with Gasteiger partial charge in [-0.3, -0.25) is 9.59 Å². The van der Waals surface area contributed by atoms with Gasteiger partial charge >= 0.3 is 0 Å². The van der Waals surface area contributed by atoms with E-state index in [1.165, 1.54) is 11.3 Å². The number of benzene rings is 2. The lowest BCUT2D eigenvalue weighted by atomic mass is 10.1. The van der Waals surface area contributed by atoms with Crippen LogP contribution in [0.1, 0.15) is 22.5 Å². The number of nitrogens with one attached hydrogen (secondary N) is 1.